The summed E-state index contributed by atoms with van der Waals surface area (Å²) in [6.07, 6.45) is 0. The Bertz CT molecular complexity index is 481. The molecule has 0 radical (unpaired) electrons. The molecule has 0 aliphatic carbocycles. The van der Waals surface area contributed by atoms with Crippen LogP contribution in [0.4, 0.5) is 8.78 Å². The fourth-order valence-electron chi connectivity index (χ4n) is 2.91. The molecule has 1 aromatic carbocycles. The summed E-state index contributed by atoms with van der Waals surface area (Å²) < 4.78 is 29.2. The van der Waals surface area contributed by atoms with E-state index in [-0.39, 0.29) is 12.2 Å². The lowest BCUT2D eigenvalue weighted by Gasteiger charge is -2.43. The summed E-state index contributed by atoms with van der Waals surface area (Å²) in [5.74, 6) is -1.15. The van der Waals surface area contributed by atoms with Crippen molar-refractivity contribution >= 4 is 15.9 Å². The van der Waals surface area contributed by atoms with Crippen LogP contribution < -0.4 is 5.32 Å². The van der Waals surface area contributed by atoms with E-state index in [0.29, 0.717) is 17.6 Å². The summed E-state index contributed by atoms with van der Waals surface area (Å²) in [6.45, 7) is 6.47. The van der Waals surface area contributed by atoms with Gasteiger partial charge >= 0.3 is 0 Å². The molecule has 0 amide bonds. The highest BCUT2D eigenvalue weighted by Gasteiger charge is 2.39. The van der Waals surface area contributed by atoms with E-state index < -0.39 is 23.1 Å². The zero-order valence-electron chi connectivity index (χ0n) is 12.3. The Hall–Kier alpha value is -0.560. The molecule has 0 unspecified atom stereocenters. The van der Waals surface area contributed by atoms with Crippen molar-refractivity contribution in [2.24, 2.45) is 5.41 Å². The number of nitrogens with one attached hydrogen (secondary N) is 1. The number of piperazine rings is 1. The Labute approximate surface area is 132 Å². The first-order chi connectivity index (χ1) is 9.86. The number of rotatable bonds is 4. The van der Waals surface area contributed by atoms with Gasteiger partial charge < -0.3 is 10.4 Å². The van der Waals surface area contributed by atoms with Crippen molar-refractivity contribution in [3.63, 3.8) is 0 Å². The van der Waals surface area contributed by atoms with E-state index in [1.807, 2.05) is 18.7 Å². The highest BCUT2D eigenvalue weighted by molar-refractivity contribution is 9.10. The van der Waals surface area contributed by atoms with Crippen LogP contribution in [-0.4, -0.2) is 42.8 Å². The lowest BCUT2D eigenvalue weighted by molar-refractivity contribution is 0.0266. The van der Waals surface area contributed by atoms with E-state index in [1.165, 1.54) is 12.1 Å². The van der Waals surface area contributed by atoms with Crippen LogP contribution in [0.5, 0.6) is 0 Å². The summed E-state index contributed by atoms with van der Waals surface area (Å²) in [5, 5.41) is 12.9. The molecular weight excluding hydrogens is 342 g/mol. The number of halogens is 3. The molecule has 0 spiro atoms. The number of nitrogens with zero attached hydrogens (tertiary/aromatic N) is 1. The van der Waals surface area contributed by atoms with Gasteiger partial charge in [-0.15, -0.1) is 0 Å². The van der Waals surface area contributed by atoms with Gasteiger partial charge in [0.25, 0.3) is 0 Å². The molecule has 1 heterocycles. The van der Waals surface area contributed by atoms with Gasteiger partial charge in [-0.25, -0.2) is 8.78 Å². The lowest BCUT2D eigenvalue weighted by Crippen LogP contribution is -2.50. The van der Waals surface area contributed by atoms with Crippen molar-refractivity contribution < 1.29 is 13.9 Å². The molecule has 1 aromatic rings. The van der Waals surface area contributed by atoms with E-state index in [4.69, 9.17) is 0 Å². The summed E-state index contributed by atoms with van der Waals surface area (Å²) in [5.41, 5.74) is -0.605. The summed E-state index contributed by atoms with van der Waals surface area (Å²) in [6, 6.07) is 2.06. The van der Waals surface area contributed by atoms with Crippen LogP contribution >= 0.6 is 15.9 Å². The molecular formula is C15H21BrF2N2O. The molecule has 1 aliphatic heterocycles. The van der Waals surface area contributed by atoms with Crippen molar-refractivity contribution in [1.29, 1.82) is 0 Å². The third kappa shape index (κ3) is 3.62. The standard InChI is InChI=1S/C15H21BrF2N2O/c1-15(2,9-21)14(20-5-3-19-4-6-20)13-11(17)7-10(16)8-12(13)18/h7-8,14,19,21H,3-6,9H2,1-2H3/t14-/m1/s1. The lowest BCUT2D eigenvalue weighted by atomic mass is 9.79. The second kappa shape index (κ2) is 6.69. The molecule has 1 fully saturated rings. The van der Waals surface area contributed by atoms with Crippen molar-refractivity contribution in [2.75, 3.05) is 32.8 Å². The first kappa shape index (κ1) is 16.8. The highest BCUT2D eigenvalue weighted by Crippen LogP contribution is 2.41. The fraction of sp³-hybridized carbons (Fsp3) is 0.600. The van der Waals surface area contributed by atoms with Gasteiger partial charge in [-0.1, -0.05) is 29.8 Å². The van der Waals surface area contributed by atoms with Crippen LogP contribution in [0.15, 0.2) is 16.6 Å². The Morgan fingerprint density at radius 2 is 1.81 bits per heavy atom. The second-order valence-electron chi connectivity index (χ2n) is 6.12. The fourth-order valence-corrected chi connectivity index (χ4v) is 3.31. The SMILES string of the molecule is CC(C)(CO)[C@@H](c1c(F)cc(Br)cc1F)N1CCNCC1. The largest absolute Gasteiger partial charge is 0.396 e. The van der Waals surface area contributed by atoms with Gasteiger partial charge in [0.2, 0.25) is 0 Å². The topological polar surface area (TPSA) is 35.5 Å². The minimum absolute atomic E-state index is 0.0409. The number of aliphatic hydroxyl groups is 1. The second-order valence-corrected chi connectivity index (χ2v) is 7.03. The number of hydrogen-bond acceptors (Lipinski definition) is 3. The minimum Gasteiger partial charge on any atom is -0.396 e. The molecule has 0 bridgehead atoms. The van der Waals surface area contributed by atoms with Crippen LogP contribution in [0.2, 0.25) is 0 Å². The third-order valence-corrected chi connectivity index (χ3v) is 4.44. The predicted molar refractivity (Wildman–Crippen MR) is 82.1 cm³/mol. The van der Waals surface area contributed by atoms with Crippen molar-refractivity contribution in [2.45, 2.75) is 19.9 Å². The first-order valence-corrected chi connectivity index (χ1v) is 7.86. The quantitative estimate of drug-likeness (QED) is 0.864. The van der Waals surface area contributed by atoms with Crippen molar-refractivity contribution in [3.05, 3.63) is 33.8 Å². The maximum Gasteiger partial charge on any atom is 0.132 e. The monoisotopic (exact) mass is 362 g/mol. The maximum atomic E-state index is 14.4. The molecule has 0 aromatic heterocycles. The first-order valence-electron chi connectivity index (χ1n) is 7.07. The van der Waals surface area contributed by atoms with E-state index in [1.54, 1.807) is 0 Å². The molecule has 3 nitrogen and oxygen atoms in total. The van der Waals surface area contributed by atoms with Crippen LogP contribution in [0.25, 0.3) is 0 Å². The van der Waals surface area contributed by atoms with E-state index >= 15 is 0 Å². The minimum atomic E-state index is -0.646. The molecule has 21 heavy (non-hydrogen) atoms. The van der Waals surface area contributed by atoms with Crippen LogP contribution in [-0.2, 0) is 0 Å². The van der Waals surface area contributed by atoms with Crippen LogP contribution in [0.3, 0.4) is 0 Å². The van der Waals surface area contributed by atoms with Gasteiger partial charge in [0, 0.05) is 54.3 Å². The van der Waals surface area contributed by atoms with E-state index in [2.05, 4.69) is 21.2 Å². The summed E-state index contributed by atoms with van der Waals surface area (Å²) in [7, 11) is 0. The van der Waals surface area contributed by atoms with E-state index in [0.717, 1.165) is 13.1 Å². The Morgan fingerprint density at radius 1 is 1.29 bits per heavy atom. The Morgan fingerprint density at radius 3 is 2.29 bits per heavy atom. The molecule has 6 heteroatoms. The number of benzene rings is 1. The average molecular weight is 363 g/mol. The van der Waals surface area contributed by atoms with Gasteiger partial charge in [-0.2, -0.15) is 0 Å². The van der Waals surface area contributed by atoms with Gasteiger partial charge in [0.15, 0.2) is 0 Å². The van der Waals surface area contributed by atoms with Crippen LogP contribution in [0, 0.1) is 17.0 Å². The van der Waals surface area contributed by atoms with Crippen molar-refractivity contribution in [1.82, 2.24) is 10.2 Å². The molecule has 0 saturated carbocycles. The van der Waals surface area contributed by atoms with Gasteiger partial charge in [0.05, 0.1) is 0 Å². The zero-order chi connectivity index (χ0) is 15.6. The molecule has 118 valence electrons. The van der Waals surface area contributed by atoms with Crippen LogP contribution in [0.1, 0.15) is 25.5 Å². The zero-order valence-corrected chi connectivity index (χ0v) is 13.9. The van der Waals surface area contributed by atoms with Gasteiger partial charge in [-0.05, 0) is 12.1 Å². The number of aliphatic hydroxyl groups excluding tert-OH is 1. The highest BCUT2D eigenvalue weighted by atomic mass is 79.9. The summed E-state index contributed by atoms with van der Waals surface area (Å²) in [4.78, 5) is 2.04. The molecule has 1 saturated heterocycles. The predicted octanol–water partition coefficient (Wildman–Crippen LogP) is 2.69. The van der Waals surface area contributed by atoms with Gasteiger partial charge in [0.1, 0.15) is 11.6 Å². The molecule has 2 N–H and O–H groups in total. The smallest absolute Gasteiger partial charge is 0.132 e. The van der Waals surface area contributed by atoms with Crippen molar-refractivity contribution in [3.8, 4) is 0 Å². The normalized spacial score (nSPS) is 18.8. The number of hydrogen-bond donors (Lipinski definition) is 2. The average Bonchev–Trinajstić information content (AvgIpc) is 2.43. The third-order valence-electron chi connectivity index (χ3n) is 3.98. The molecule has 1 aliphatic rings. The Kier molecular flexibility index (Phi) is 5.35. The summed E-state index contributed by atoms with van der Waals surface area (Å²) >= 11 is 3.11. The van der Waals surface area contributed by atoms with E-state index in [9.17, 15) is 13.9 Å². The Balaban J connectivity index is 2.49. The molecule has 1 atom stereocenters. The maximum absolute atomic E-state index is 14.4. The van der Waals surface area contributed by atoms with Gasteiger partial charge in [-0.3, -0.25) is 4.90 Å². The molecule has 2 rings (SSSR count).